The first-order valence-electron chi connectivity index (χ1n) is 10.2. The van der Waals surface area contributed by atoms with Crippen molar-refractivity contribution in [2.75, 3.05) is 16.0 Å². The quantitative estimate of drug-likeness (QED) is 0.483. The summed E-state index contributed by atoms with van der Waals surface area (Å²) in [4.78, 5) is 27.0. The molecule has 4 nitrogen and oxygen atoms in total. The van der Waals surface area contributed by atoms with Crippen molar-refractivity contribution in [2.45, 2.75) is 25.4 Å². The molecule has 0 saturated carbocycles. The van der Waals surface area contributed by atoms with Crippen molar-refractivity contribution in [1.29, 1.82) is 0 Å². The average Bonchev–Trinajstić information content (AvgIpc) is 3.14. The van der Waals surface area contributed by atoms with Crippen LogP contribution in [0, 0.1) is 13.8 Å². The molecule has 1 heterocycles. The van der Waals surface area contributed by atoms with Crippen LogP contribution in [0.1, 0.15) is 38.0 Å². The van der Waals surface area contributed by atoms with Crippen LogP contribution in [0.4, 0.5) is 24.5 Å². The summed E-state index contributed by atoms with van der Waals surface area (Å²) in [5.74, 6) is -0.156. The van der Waals surface area contributed by atoms with Crippen LogP contribution in [-0.4, -0.2) is 17.6 Å². The Morgan fingerprint density at radius 3 is 2.30 bits per heavy atom. The summed E-state index contributed by atoms with van der Waals surface area (Å²) in [5.41, 5.74) is 3.60. The van der Waals surface area contributed by atoms with Gasteiger partial charge in [-0.05, 0) is 79.1 Å². The van der Waals surface area contributed by atoms with E-state index in [0.717, 1.165) is 46.6 Å². The zero-order valence-electron chi connectivity index (χ0n) is 17.9. The average molecular weight is 471 g/mol. The van der Waals surface area contributed by atoms with Gasteiger partial charge < -0.3 is 5.32 Å². The van der Waals surface area contributed by atoms with Gasteiger partial charge in [-0.1, -0.05) is 18.2 Å². The molecule has 1 N–H and O–H groups in total. The van der Waals surface area contributed by atoms with Crippen molar-refractivity contribution in [3.8, 4) is 0 Å². The second-order valence-electron chi connectivity index (χ2n) is 7.93. The van der Waals surface area contributed by atoms with Gasteiger partial charge in [-0.25, -0.2) is 0 Å². The number of nitrogens with zero attached hydrogens (tertiary/aromatic N) is 1. The van der Waals surface area contributed by atoms with Crippen molar-refractivity contribution in [1.82, 2.24) is 0 Å². The highest BCUT2D eigenvalue weighted by Gasteiger charge is 2.34. The number of hydrogen-bond acceptors (Lipinski definition) is 3. The molecule has 0 radical (unpaired) electrons. The smallest absolute Gasteiger partial charge is 0.322 e. The fraction of sp³-hybridized carbons (Fsp3) is 0.200. The molecule has 0 spiro atoms. The highest BCUT2D eigenvalue weighted by atomic mass is 32.2. The predicted molar refractivity (Wildman–Crippen MR) is 124 cm³/mol. The van der Waals surface area contributed by atoms with Crippen LogP contribution in [0.15, 0.2) is 66.7 Å². The number of benzene rings is 3. The van der Waals surface area contributed by atoms with Crippen LogP contribution in [0.25, 0.3) is 0 Å². The Hall–Kier alpha value is -3.26. The lowest BCUT2D eigenvalue weighted by molar-refractivity contribution is -0.137. The Morgan fingerprint density at radius 2 is 1.67 bits per heavy atom. The largest absolute Gasteiger partial charge is 0.416 e. The van der Waals surface area contributed by atoms with Crippen LogP contribution in [-0.2, 0) is 11.0 Å². The second kappa shape index (κ2) is 8.94. The molecule has 1 aliphatic heterocycles. The van der Waals surface area contributed by atoms with Gasteiger partial charge in [0.05, 0.1) is 11.3 Å². The first-order chi connectivity index (χ1) is 15.6. The summed E-state index contributed by atoms with van der Waals surface area (Å²) >= 11 is 1.50. The van der Waals surface area contributed by atoms with E-state index in [1.54, 1.807) is 23.1 Å². The Bertz CT molecular complexity index is 1190. The highest BCUT2D eigenvalue weighted by molar-refractivity contribution is 8.00. The van der Waals surface area contributed by atoms with Crippen molar-refractivity contribution in [3.05, 3.63) is 94.5 Å². The fourth-order valence-corrected chi connectivity index (χ4v) is 4.99. The van der Waals surface area contributed by atoms with Crippen LogP contribution in [0.5, 0.6) is 0 Å². The van der Waals surface area contributed by atoms with Crippen LogP contribution in [0.3, 0.4) is 0 Å². The number of carbonyl (C=O) groups excluding carboxylic acids is 2. The zero-order valence-corrected chi connectivity index (χ0v) is 18.8. The lowest BCUT2D eigenvalue weighted by Gasteiger charge is -2.25. The number of carbonyl (C=O) groups is 2. The fourth-order valence-electron chi connectivity index (χ4n) is 3.82. The van der Waals surface area contributed by atoms with Gasteiger partial charge in [-0.2, -0.15) is 13.2 Å². The van der Waals surface area contributed by atoms with E-state index < -0.39 is 17.6 Å². The van der Waals surface area contributed by atoms with E-state index in [4.69, 9.17) is 0 Å². The van der Waals surface area contributed by atoms with Crippen molar-refractivity contribution in [3.63, 3.8) is 0 Å². The molecule has 0 aromatic heterocycles. The normalized spacial score (nSPS) is 16.2. The summed E-state index contributed by atoms with van der Waals surface area (Å²) in [6, 6.07) is 17.2. The van der Waals surface area contributed by atoms with E-state index in [0.29, 0.717) is 11.4 Å². The number of aryl methyl sites for hydroxylation is 2. The molecule has 4 rings (SSSR count). The Balaban J connectivity index is 1.56. The molecule has 3 aromatic rings. The number of halogens is 3. The molecule has 1 atom stereocenters. The number of alkyl halides is 3. The highest BCUT2D eigenvalue weighted by Crippen LogP contribution is 2.42. The van der Waals surface area contributed by atoms with Gasteiger partial charge >= 0.3 is 6.18 Å². The summed E-state index contributed by atoms with van der Waals surface area (Å²) in [6.45, 7) is 3.97. The standard InChI is InChI=1S/C25H21F3N2O2S/c1-15-10-16(2)12-21(11-15)30-22(31)14-33-24(30)18-4-3-5-20(13-18)29-23(32)17-6-8-19(9-7-17)25(26,27)28/h3-13,24H,14H2,1-2H3,(H,29,32). The van der Waals surface area contributed by atoms with Gasteiger partial charge in [0.15, 0.2) is 0 Å². The first kappa shape index (κ1) is 22.9. The lowest BCUT2D eigenvalue weighted by Crippen LogP contribution is -2.28. The Morgan fingerprint density at radius 1 is 1.00 bits per heavy atom. The van der Waals surface area contributed by atoms with E-state index in [-0.39, 0.29) is 16.8 Å². The molecule has 33 heavy (non-hydrogen) atoms. The minimum atomic E-state index is -4.46. The maximum Gasteiger partial charge on any atom is 0.416 e. The lowest BCUT2D eigenvalue weighted by atomic mass is 10.1. The van der Waals surface area contributed by atoms with Crippen LogP contribution >= 0.6 is 11.8 Å². The van der Waals surface area contributed by atoms with Crippen molar-refractivity contribution >= 4 is 35.0 Å². The van der Waals surface area contributed by atoms with E-state index in [9.17, 15) is 22.8 Å². The third-order valence-corrected chi connectivity index (χ3v) is 6.47. The van der Waals surface area contributed by atoms with E-state index in [1.165, 1.54) is 11.8 Å². The maximum absolute atomic E-state index is 12.8. The molecule has 8 heteroatoms. The third kappa shape index (κ3) is 5.06. The second-order valence-corrected chi connectivity index (χ2v) is 9.00. The van der Waals surface area contributed by atoms with Gasteiger partial charge in [0.1, 0.15) is 5.37 Å². The van der Waals surface area contributed by atoms with Crippen LogP contribution < -0.4 is 10.2 Å². The first-order valence-corrected chi connectivity index (χ1v) is 11.3. The number of anilines is 2. The molecule has 1 fully saturated rings. The van der Waals surface area contributed by atoms with E-state index in [2.05, 4.69) is 5.32 Å². The molecular weight excluding hydrogens is 449 g/mol. The molecule has 0 bridgehead atoms. The maximum atomic E-state index is 12.8. The van der Waals surface area contributed by atoms with Crippen molar-refractivity contribution in [2.24, 2.45) is 0 Å². The summed E-state index contributed by atoms with van der Waals surface area (Å²) in [7, 11) is 0. The van der Waals surface area contributed by atoms with Gasteiger partial charge in [0.25, 0.3) is 5.91 Å². The van der Waals surface area contributed by atoms with Gasteiger partial charge in [-0.3, -0.25) is 14.5 Å². The van der Waals surface area contributed by atoms with Gasteiger partial charge in [0, 0.05) is 16.9 Å². The number of amides is 2. The molecule has 1 saturated heterocycles. The minimum absolute atomic E-state index is 0.00851. The Kier molecular flexibility index (Phi) is 6.21. The number of thioether (sulfide) groups is 1. The summed E-state index contributed by atoms with van der Waals surface area (Å²) in [6.07, 6.45) is -4.46. The molecule has 3 aromatic carbocycles. The Labute approximate surface area is 193 Å². The number of hydrogen-bond donors (Lipinski definition) is 1. The van der Waals surface area contributed by atoms with Gasteiger partial charge in [0.2, 0.25) is 5.91 Å². The number of nitrogens with one attached hydrogen (secondary N) is 1. The predicted octanol–water partition coefficient (Wildman–Crippen LogP) is 6.35. The zero-order chi connectivity index (χ0) is 23.8. The molecule has 1 aliphatic rings. The summed E-state index contributed by atoms with van der Waals surface area (Å²) in [5, 5.41) is 2.48. The molecule has 0 aliphatic carbocycles. The number of rotatable bonds is 4. The third-order valence-electron chi connectivity index (χ3n) is 5.26. The van der Waals surface area contributed by atoms with E-state index in [1.807, 2.05) is 38.1 Å². The van der Waals surface area contributed by atoms with Gasteiger partial charge in [-0.15, -0.1) is 11.8 Å². The topological polar surface area (TPSA) is 49.4 Å². The summed E-state index contributed by atoms with van der Waals surface area (Å²) < 4.78 is 38.3. The molecular formula is C25H21F3N2O2S. The van der Waals surface area contributed by atoms with Crippen LogP contribution in [0.2, 0.25) is 0 Å². The molecule has 2 amide bonds. The monoisotopic (exact) mass is 470 g/mol. The SMILES string of the molecule is Cc1cc(C)cc(N2C(=O)CSC2c2cccc(NC(=O)c3ccc(C(F)(F)F)cc3)c2)c1. The van der Waals surface area contributed by atoms with Crippen molar-refractivity contribution < 1.29 is 22.8 Å². The minimum Gasteiger partial charge on any atom is -0.322 e. The molecule has 1 unspecified atom stereocenters. The van der Waals surface area contributed by atoms with E-state index >= 15 is 0 Å². The molecule has 170 valence electrons.